The summed E-state index contributed by atoms with van der Waals surface area (Å²) in [4.78, 5) is 12.3. The van der Waals surface area contributed by atoms with Crippen molar-refractivity contribution in [3.05, 3.63) is 35.9 Å². The van der Waals surface area contributed by atoms with E-state index in [4.69, 9.17) is 5.73 Å². The predicted molar refractivity (Wildman–Crippen MR) is 75.1 cm³/mol. The Hall–Kier alpha value is -1.35. The normalized spacial score (nSPS) is 15.8. The molecule has 3 N–H and O–H groups in total. The van der Waals surface area contributed by atoms with Crippen LogP contribution >= 0.6 is 0 Å². The zero-order valence-corrected chi connectivity index (χ0v) is 11.6. The van der Waals surface area contributed by atoms with E-state index >= 15 is 0 Å². The summed E-state index contributed by atoms with van der Waals surface area (Å²) in [6.45, 7) is 6.36. The number of rotatable bonds is 6. The summed E-state index contributed by atoms with van der Waals surface area (Å²) in [6, 6.07) is 10.1. The molecule has 0 spiro atoms. The van der Waals surface area contributed by atoms with Crippen LogP contribution in [0.1, 0.15) is 45.2 Å². The molecule has 0 bridgehead atoms. The quantitative estimate of drug-likeness (QED) is 0.813. The van der Waals surface area contributed by atoms with E-state index in [0.29, 0.717) is 6.54 Å². The Bertz CT molecular complexity index is 371. The van der Waals surface area contributed by atoms with Crippen molar-refractivity contribution in [3.8, 4) is 0 Å². The topological polar surface area (TPSA) is 55.1 Å². The second-order valence-corrected chi connectivity index (χ2v) is 4.96. The third-order valence-corrected chi connectivity index (χ3v) is 3.69. The predicted octanol–water partition coefficient (Wildman–Crippen LogP) is 2.63. The fourth-order valence-corrected chi connectivity index (χ4v) is 1.84. The van der Waals surface area contributed by atoms with E-state index in [1.165, 1.54) is 0 Å². The Morgan fingerprint density at radius 1 is 1.33 bits per heavy atom. The first-order valence-corrected chi connectivity index (χ1v) is 6.63. The van der Waals surface area contributed by atoms with Crippen LogP contribution in [0.15, 0.2) is 30.3 Å². The molecule has 0 aliphatic rings. The van der Waals surface area contributed by atoms with Crippen LogP contribution in [-0.4, -0.2) is 12.5 Å². The van der Waals surface area contributed by atoms with E-state index in [0.717, 1.165) is 18.4 Å². The summed E-state index contributed by atoms with van der Waals surface area (Å²) < 4.78 is 0. The molecule has 1 aromatic rings. The summed E-state index contributed by atoms with van der Waals surface area (Å²) >= 11 is 0. The molecule has 1 amide bonds. The number of carbonyl (C=O) groups is 1. The number of amides is 1. The fourth-order valence-electron chi connectivity index (χ4n) is 1.84. The van der Waals surface area contributed by atoms with Crippen molar-refractivity contribution in [2.45, 2.75) is 39.7 Å². The van der Waals surface area contributed by atoms with Crippen molar-refractivity contribution in [2.75, 3.05) is 6.54 Å². The molecule has 0 fully saturated rings. The first-order valence-electron chi connectivity index (χ1n) is 6.63. The molecule has 3 heteroatoms. The Labute approximate surface area is 110 Å². The summed E-state index contributed by atoms with van der Waals surface area (Å²) in [7, 11) is 0. The van der Waals surface area contributed by atoms with Crippen LogP contribution < -0.4 is 11.1 Å². The monoisotopic (exact) mass is 248 g/mol. The van der Waals surface area contributed by atoms with Gasteiger partial charge in [-0.15, -0.1) is 0 Å². The lowest BCUT2D eigenvalue weighted by Gasteiger charge is -2.28. The van der Waals surface area contributed by atoms with Gasteiger partial charge in [-0.2, -0.15) is 0 Å². The minimum absolute atomic E-state index is 0.0446. The summed E-state index contributed by atoms with van der Waals surface area (Å²) in [5.74, 6) is 0.0446. The zero-order chi connectivity index (χ0) is 13.6. The molecular weight excluding hydrogens is 224 g/mol. The van der Waals surface area contributed by atoms with Gasteiger partial charge in [0.25, 0.3) is 0 Å². The molecule has 0 radical (unpaired) electrons. The molecule has 2 atom stereocenters. The van der Waals surface area contributed by atoms with Crippen LogP contribution in [0.2, 0.25) is 0 Å². The Kier molecular flexibility index (Phi) is 5.35. The molecular formula is C15H24N2O. The molecule has 0 aliphatic heterocycles. The van der Waals surface area contributed by atoms with Crippen molar-refractivity contribution in [2.24, 2.45) is 11.1 Å². The summed E-state index contributed by atoms with van der Waals surface area (Å²) in [6.07, 6.45) is 1.63. The fraction of sp³-hybridized carbons (Fsp3) is 0.533. The van der Waals surface area contributed by atoms with Gasteiger partial charge >= 0.3 is 0 Å². The molecule has 2 unspecified atom stereocenters. The number of hydrogen-bond donors (Lipinski definition) is 2. The minimum Gasteiger partial charge on any atom is -0.349 e. The standard InChI is InChI=1S/C15H24N2O/c1-4-13(12-9-7-6-8-10-12)17-14(18)15(3,5-2)11-16/h6-10,13H,4-5,11,16H2,1-3H3,(H,17,18). The van der Waals surface area contributed by atoms with Gasteiger partial charge in [0.15, 0.2) is 0 Å². The van der Waals surface area contributed by atoms with E-state index in [-0.39, 0.29) is 11.9 Å². The highest BCUT2D eigenvalue weighted by atomic mass is 16.2. The molecule has 3 nitrogen and oxygen atoms in total. The third-order valence-electron chi connectivity index (χ3n) is 3.69. The van der Waals surface area contributed by atoms with Gasteiger partial charge in [0.05, 0.1) is 11.5 Å². The van der Waals surface area contributed by atoms with Crippen LogP contribution in [0.25, 0.3) is 0 Å². The van der Waals surface area contributed by atoms with Crippen molar-refractivity contribution in [1.29, 1.82) is 0 Å². The largest absolute Gasteiger partial charge is 0.349 e. The third kappa shape index (κ3) is 3.33. The first kappa shape index (κ1) is 14.7. The van der Waals surface area contributed by atoms with E-state index in [9.17, 15) is 4.79 Å². The van der Waals surface area contributed by atoms with Gasteiger partial charge in [0.2, 0.25) is 5.91 Å². The van der Waals surface area contributed by atoms with E-state index in [1.807, 2.05) is 44.2 Å². The SMILES string of the molecule is CCC(NC(=O)C(C)(CC)CN)c1ccccc1. The second kappa shape index (κ2) is 6.55. The van der Waals surface area contributed by atoms with Gasteiger partial charge in [-0.3, -0.25) is 4.79 Å². The maximum Gasteiger partial charge on any atom is 0.227 e. The van der Waals surface area contributed by atoms with Gasteiger partial charge in [-0.1, -0.05) is 44.2 Å². The summed E-state index contributed by atoms with van der Waals surface area (Å²) in [5.41, 5.74) is 6.39. The lowest BCUT2D eigenvalue weighted by Crippen LogP contribution is -2.44. The minimum atomic E-state index is -0.470. The van der Waals surface area contributed by atoms with Crippen molar-refractivity contribution in [3.63, 3.8) is 0 Å². The van der Waals surface area contributed by atoms with Crippen LogP contribution in [0.3, 0.4) is 0 Å². The maximum atomic E-state index is 12.3. The van der Waals surface area contributed by atoms with Gasteiger partial charge in [0.1, 0.15) is 0 Å². The molecule has 1 aromatic carbocycles. The average molecular weight is 248 g/mol. The molecule has 1 rings (SSSR count). The molecule has 0 heterocycles. The Morgan fingerprint density at radius 3 is 2.39 bits per heavy atom. The first-order chi connectivity index (χ1) is 8.57. The highest BCUT2D eigenvalue weighted by Gasteiger charge is 2.30. The second-order valence-electron chi connectivity index (χ2n) is 4.96. The zero-order valence-electron chi connectivity index (χ0n) is 11.6. The lowest BCUT2D eigenvalue weighted by atomic mass is 9.86. The van der Waals surface area contributed by atoms with Crippen LogP contribution in [0.5, 0.6) is 0 Å². The van der Waals surface area contributed by atoms with Crippen molar-refractivity contribution >= 4 is 5.91 Å². The molecule has 0 aromatic heterocycles. The number of nitrogens with one attached hydrogen (secondary N) is 1. The molecule has 0 aliphatic carbocycles. The highest BCUT2D eigenvalue weighted by molar-refractivity contribution is 5.82. The number of carbonyl (C=O) groups excluding carboxylic acids is 1. The Balaban J connectivity index is 2.79. The number of benzene rings is 1. The van der Waals surface area contributed by atoms with Crippen LogP contribution in [0, 0.1) is 5.41 Å². The number of nitrogens with two attached hydrogens (primary N) is 1. The van der Waals surface area contributed by atoms with Crippen LogP contribution in [0.4, 0.5) is 0 Å². The highest BCUT2D eigenvalue weighted by Crippen LogP contribution is 2.23. The van der Waals surface area contributed by atoms with Gasteiger partial charge in [-0.05, 0) is 25.3 Å². The maximum absolute atomic E-state index is 12.3. The Morgan fingerprint density at radius 2 is 1.94 bits per heavy atom. The van der Waals surface area contributed by atoms with Crippen molar-refractivity contribution < 1.29 is 4.79 Å². The molecule has 0 saturated carbocycles. The van der Waals surface area contributed by atoms with Crippen molar-refractivity contribution in [1.82, 2.24) is 5.32 Å². The smallest absolute Gasteiger partial charge is 0.227 e. The van der Waals surface area contributed by atoms with E-state index < -0.39 is 5.41 Å². The van der Waals surface area contributed by atoms with Gasteiger partial charge < -0.3 is 11.1 Å². The molecule has 18 heavy (non-hydrogen) atoms. The molecule has 100 valence electrons. The summed E-state index contributed by atoms with van der Waals surface area (Å²) in [5, 5.41) is 3.11. The van der Waals surface area contributed by atoms with Crippen LogP contribution in [-0.2, 0) is 4.79 Å². The van der Waals surface area contributed by atoms with E-state index in [1.54, 1.807) is 0 Å². The number of hydrogen-bond acceptors (Lipinski definition) is 2. The van der Waals surface area contributed by atoms with E-state index in [2.05, 4.69) is 12.2 Å². The lowest BCUT2D eigenvalue weighted by molar-refractivity contribution is -0.130. The van der Waals surface area contributed by atoms with Gasteiger partial charge in [-0.25, -0.2) is 0 Å². The van der Waals surface area contributed by atoms with Gasteiger partial charge in [0, 0.05) is 6.54 Å². The molecule has 0 saturated heterocycles. The average Bonchev–Trinajstić information content (AvgIpc) is 2.44.